The summed E-state index contributed by atoms with van der Waals surface area (Å²) in [6.45, 7) is 4.64. The van der Waals surface area contributed by atoms with Gasteiger partial charge in [0.1, 0.15) is 11.9 Å². The zero-order valence-corrected chi connectivity index (χ0v) is 17.2. The van der Waals surface area contributed by atoms with E-state index in [4.69, 9.17) is 0 Å². The van der Waals surface area contributed by atoms with Gasteiger partial charge in [-0.1, -0.05) is 43.7 Å². The van der Waals surface area contributed by atoms with Crippen LogP contribution in [0.1, 0.15) is 32.3 Å². The van der Waals surface area contributed by atoms with Crippen LogP contribution in [0, 0.1) is 5.82 Å². The van der Waals surface area contributed by atoms with Crippen molar-refractivity contribution >= 4 is 23.6 Å². The van der Waals surface area contributed by atoms with E-state index in [2.05, 4.69) is 12.2 Å². The van der Waals surface area contributed by atoms with E-state index in [0.29, 0.717) is 6.54 Å². The van der Waals surface area contributed by atoms with Crippen LogP contribution in [0.25, 0.3) is 0 Å². The summed E-state index contributed by atoms with van der Waals surface area (Å²) >= 11 is 1.44. The number of rotatable bonds is 10. The fourth-order valence-electron chi connectivity index (χ4n) is 2.65. The molecule has 0 aromatic heterocycles. The van der Waals surface area contributed by atoms with Crippen LogP contribution in [-0.2, 0) is 16.1 Å². The average molecular weight is 403 g/mol. The lowest BCUT2D eigenvalue weighted by Crippen LogP contribution is -2.48. The molecule has 0 bridgehead atoms. The Morgan fingerprint density at radius 2 is 1.79 bits per heavy atom. The number of nitrogens with one attached hydrogen (secondary N) is 1. The number of thioether (sulfide) groups is 1. The first-order chi connectivity index (χ1) is 13.5. The summed E-state index contributed by atoms with van der Waals surface area (Å²) in [4.78, 5) is 28.0. The smallest absolute Gasteiger partial charge is 0.242 e. The van der Waals surface area contributed by atoms with Crippen LogP contribution >= 0.6 is 11.8 Å². The van der Waals surface area contributed by atoms with Gasteiger partial charge in [0, 0.05) is 18.0 Å². The molecule has 0 saturated heterocycles. The molecule has 0 aliphatic carbocycles. The quantitative estimate of drug-likeness (QED) is 0.477. The van der Waals surface area contributed by atoms with Crippen LogP contribution in [-0.4, -0.2) is 35.1 Å². The van der Waals surface area contributed by atoms with Crippen molar-refractivity contribution in [3.63, 3.8) is 0 Å². The number of hydrogen-bond acceptors (Lipinski definition) is 3. The third-order valence-corrected chi connectivity index (χ3v) is 5.37. The number of benzene rings is 2. The highest BCUT2D eigenvalue weighted by Gasteiger charge is 2.26. The molecule has 2 aromatic carbocycles. The average Bonchev–Trinajstić information content (AvgIpc) is 2.72. The van der Waals surface area contributed by atoms with Gasteiger partial charge in [-0.15, -0.1) is 11.8 Å². The molecular weight excluding hydrogens is 375 g/mol. The molecular formula is C22H27FN2O2S. The molecule has 28 heavy (non-hydrogen) atoms. The van der Waals surface area contributed by atoms with Gasteiger partial charge in [-0.25, -0.2) is 4.39 Å². The first-order valence-electron chi connectivity index (χ1n) is 9.50. The molecule has 1 N–H and O–H groups in total. The summed E-state index contributed by atoms with van der Waals surface area (Å²) in [6, 6.07) is 15.1. The van der Waals surface area contributed by atoms with Crippen molar-refractivity contribution in [3.8, 4) is 0 Å². The van der Waals surface area contributed by atoms with Gasteiger partial charge in [0.2, 0.25) is 11.8 Å². The largest absolute Gasteiger partial charge is 0.354 e. The maximum absolute atomic E-state index is 13.2. The van der Waals surface area contributed by atoms with E-state index in [0.717, 1.165) is 23.3 Å². The minimum Gasteiger partial charge on any atom is -0.354 e. The van der Waals surface area contributed by atoms with Crippen molar-refractivity contribution in [1.82, 2.24) is 10.2 Å². The van der Waals surface area contributed by atoms with Gasteiger partial charge in [-0.2, -0.15) is 0 Å². The van der Waals surface area contributed by atoms with Crippen LogP contribution in [0.2, 0.25) is 0 Å². The van der Waals surface area contributed by atoms with Gasteiger partial charge < -0.3 is 10.2 Å². The van der Waals surface area contributed by atoms with Gasteiger partial charge >= 0.3 is 0 Å². The van der Waals surface area contributed by atoms with Gasteiger partial charge in [-0.3, -0.25) is 9.59 Å². The predicted molar refractivity (Wildman–Crippen MR) is 111 cm³/mol. The highest BCUT2D eigenvalue weighted by Crippen LogP contribution is 2.19. The Morgan fingerprint density at radius 1 is 1.11 bits per heavy atom. The Balaban J connectivity index is 2.08. The second kappa shape index (κ2) is 11.5. The Kier molecular flexibility index (Phi) is 9.01. The number of unbranched alkanes of at least 4 members (excludes halogenated alkanes) is 1. The second-order valence-electron chi connectivity index (χ2n) is 6.57. The van der Waals surface area contributed by atoms with Crippen LogP contribution in [0.15, 0.2) is 59.5 Å². The van der Waals surface area contributed by atoms with Crippen molar-refractivity contribution in [2.45, 2.75) is 44.2 Å². The molecule has 6 heteroatoms. The van der Waals surface area contributed by atoms with E-state index < -0.39 is 6.04 Å². The molecule has 4 nitrogen and oxygen atoms in total. The third-order valence-electron chi connectivity index (χ3n) is 4.37. The number of carbonyl (C=O) groups excluding carboxylic acids is 2. The van der Waals surface area contributed by atoms with Crippen LogP contribution in [0.4, 0.5) is 4.39 Å². The molecule has 0 aliphatic rings. The Morgan fingerprint density at radius 3 is 2.43 bits per heavy atom. The van der Waals surface area contributed by atoms with Crippen molar-refractivity contribution < 1.29 is 14.0 Å². The first kappa shape index (κ1) is 22.0. The lowest BCUT2D eigenvalue weighted by Gasteiger charge is -2.28. The summed E-state index contributed by atoms with van der Waals surface area (Å²) in [6.07, 6.45) is 1.88. The van der Waals surface area contributed by atoms with Gasteiger partial charge in [0.15, 0.2) is 0 Å². The molecule has 0 fully saturated rings. The minimum atomic E-state index is -0.606. The molecule has 0 unspecified atom stereocenters. The first-order valence-corrected chi connectivity index (χ1v) is 10.5. The fraction of sp³-hybridized carbons (Fsp3) is 0.364. The van der Waals surface area contributed by atoms with E-state index in [1.807, 2.05) is 30.3 Å². The maximum atomic E-state index is 13.2. The summed E-state index contributed by atoms with van der Waals surface area (Å²) < 4.78 is 13.2. The van der Waals surface area contributed by atoms with E-state index in [1.165, 1.54) is 23.9 Å². The van der Waals surface area contributed by atoms with Gasteiger partial charge in [0.05, 0.1) is 5.75 Å². The van der Waals surface area contributed by atoms with Crippen molar-refractivity contribution in [3.05, 3.63) is 66.0 Å². The van der Waals surface area contributed by atoms with Gasteiger partial charge in [-0.05, 0) is 43.2 Å². The SMILES string of the molecule is CCCCNC(=O)[C@H](C)N(Cc1ccc(F)cc1)C(=O)CSc1ccccc1. The molecule has 0 saturated carbocycles. The molecule has 0 radical (unpaired) electrons. The zero-order valence-electron chi connectivity index (χ0n) is 16.4. The summed E-state index contributed by atoms with van der Waals surface area (Å²) in [5.41, 5.74) is 0.785. The standard InChI is InChI=1S/C22H27FN2O2S/c1-3-4-14-24-22(27)17(2)25(15-18-10-12-19(23)13-11-18)21(26)16-28-20-8-6-5-7-9-20/h5-13,17H,3-4,14-16H2,1-2H3,(H,24,27)/t17-/m0/s1. The monoisotopic (exact) mass is 402 g/mol. The lowest BCUT2D eigenvalue weighted by molar-refractivity contribution is -0.138. The number of hydrogen-bond donors (Lipinski definition) is 1. The Hall–Kier alpha value is -2.34. The van der Waals surface area contributed by atoms with Crippen molar-refractivity contribution in [1.29, 1.82) is 0 Å². The van der Waals surface area contributed by atoms with Crippen LogP contribution in [0.5, 0.6) is 0 Å². The summed E-state index contributed by atoms with van der Waals surface area (Å²) in [7, 11) is 0. The molecule has 2 amide bonds. The topological polar surface area (TPSA) is 49.4 Å². The molecule has 0 aliphatic heterocycles. The van der Waals surface area contributed by atoms with Crippen LogP contribution in [0.3, 0.4) is 0 Å². The highest BCUT2D eigenvalue weighted by molar-refractivity contribution is 8.00. The van der Waals surface area contributed by atoms with Gasteiger partial charge in [0.25, 0.3) is 0 Å². The fourth-order valence-corrected chi connectivity index (χ4v) is 3.46. The Labute approximate surface area is 170 Å². The van der Waals surface area contributed by atoms with E-state index in [9.17, 15) is 14.0 Å². The molecule has 2 rings (SSSR count). The maximum Gasteiger partial charge on any atom is 0.242 e. The number of halogens is 1. The summed E-state index contributed by atoms with van der Waals surface area (Å²) in [5.74, 6) is -0.394. The number of nitrogens with zero attached hydrogens (tertiary/aromatic N) is 1. The van der Waals surface area contributed by atoms with Crippen LogP contribution < -0.4 is 5.32 Å². The molecule has 150 valence electrons. The molecule has 1 atom stereocenters. The second-order valence-corrected chi connectivity index (χ2v) is 7.62. The molecule has 0 spiro atoms. The predicted octanol–water partition coefficient (Wildman–Crippen LogP) is 4.25. The summed E-state index contributed by atoms with van der Waals surface area (Å²) in [5, 5.41) is 2.89. The van der Waals surface area contributed by atoms with E-state index in [-0.39, 0.29) is 29.9 Å². The van der Waals surface area contributed by atoms with E-state index >= 15 is 0 Å². The number of amides is 2. The molecule has 2 aromatic rings. The number of carbonyl (C=O) groups is 2. The minimum absolute atomic E-state index is 0.128. The zero-order chi connectivity index (χ0) is 20.4. The highest BCUT2D eigenvalue weighted by atomic mass is 32.2. The Bertz CT molecular complexity index is 753. The van der Waals surface area contributed by atoms with Crippen molar-refractivity contribution in [2.24, 2.45) is 0 Å². The van der Waals surface area contributed by atoms with E-state index in [1.54, 1.807) is 24.0 Å². The molecule has 0 heterocycles. The third kappa shape index (κ3) is 7.00. The normalized spacial score (nSPS) is 11.7. The lowest BCUT2D eigenvalue weighted by atomic mass is 10.1. The van der Waals surface area contributed by atoms with Crippen molar-refractivity contribution in [2.75, 3.05) is 12.3 Å².